The fourth-order valence-corrected chi connectivity index (χ4v) is 3.97. The monoisotopic (exact) mass is 452 g/mol. The third-order valence-electron chi connectivity index (χ3n) is 5.83. The van der Waals surface area contributed by atoms with Crippen LogP contribution in [0.1, 0.15) is 45.9 Å². The van der Waals surface area contributed by atoms with Gasteiger partial charge in [0.2, 0.25) is 5.91 Å². The number of piperidine rings is 1. The summed E-state index contributed by atoms with van der Waals surface area (Å²) in [5.74, 6) is 3.51. The number of benzene rings is 1. The second-order valence-corrected chi connectivity index (χ2v) is 8.32. The predicted octanol–water partition coefficient (Wildman–Crippen LogP) is 3.73. The summed E-state index contributed by atoms with van der Waals surface area (Å²) in [4.78, 5) is 15.0. The Bertz CT molecular complexity index is 1090. The largest absolute Gasteiger partial charge is 0.494 e. The summed E-state index contributed by atoms with van der Waals surface area (Å²) in [6.45, 7) is 9.18. The average Bonchev–Trinajstić information content (AvgIpc) is 3.22. The molecule has 1 amide bonds. The van der Waals surface area contributed by atoms with E-state index in [1.165, 1.54) is 12.8 Å². The Morgan fingerprint density at radius 1 is 1.09 bits per heavy atom. The number of anilines is 2. The van der Waals surface area contributed by atoms with Crippen molar-refractivity contribution in [2.24, 2.45) is 5.92 Å². The van der Waals surface area contributed by atoms with E-state index in [0.29, 0.717) is 48.3 Å². The van der Waals surface area contributed by atoms with E-state index < -0.39 is 0 Å². The molecule has 0 atom stereocenters. The fraction of sp³-hybridized carbons (Fsp3) is 0.500. The number of carbonyl (C=O) groups excluding carboxylic acids is 1. The lowest BCUT2D eigenvalue weighted by Crippen LogP contribution is -2.33. The van der Waals surface area contributed by atoms with Crippen LogP contribution in [-0.4, -0.2) is 52.0 Å². The number of nitrogens with one attached hydrogen (secondary N) is 1. The van der Waals surface area contributed by atoms with Crippen LogP contribution < -0.4 is 19.7 Å². The summed E-state index contributed by atoms with van der Waals surface area (Å²) in [5, 5.41) is 16.2. The van der Waals surface area contributed by atoms with Crippen molar-refractivity contribution >= 4 is 23.1 Å². The van der Waals surface area contributed by atoms with Gasteiger partial charge in [-0.3, -0.25) is 4.79 Å². The molecule has 9 nitrogen and oxygen atoms in total. The quantitative estimate of drug-likeness (QED) is 0.529. The molecule has 1 aromatic carbocycles. The molecule has 1 aliphatic rings. The van der Waals surface area contributed by atoms with Gasteiger partial charge in [0.25, 0.3) is 0 Å². The van der Waals surface area contributed by atoms with Crippen LogP contribution >= 0.6 is 0 Å². The van der Waals surface area contributed by atoms with E-state index in [-0.39, 0.29) is 12.3 Å². The number of aromatic nitrogens is 4. The highest BCUT2D eigenvalue weighted by Crippen LogP contribution is 2.29. The van der Waals surface area contributed by atoms with Gasteiger partial charge in [-0.05, 0) is 56.9 Å². The summed E-state index contributed by atoms with van der Waals surface area (Å²) in [6, 6.07) is 9.36. The summed E-state index contributed by atoms with van der Waals surface area (Å²) >= 11 is 0. The topological polar surface area (TPSA) is 93.9 Å². The molecular formula is C24H32N6O3. The molecule has 0 unspecified atom stereocenters. The summed E-state index contributed by atoms with van der Waals surface area (Å²) < 4.78 is 13.0. The van der Waals surface area contributed by atoms with Crippen LogP contribution in [-0.2, 0) is 11.2 Å². The number of fused-ring (bicyclic) bond motifs is 1. The lowest BCUT2D eigenvalue weighted by atomic mass is 9.99. The number of nitrogens with zero attached hydrogens (tertiary/aromatic N) is 5. The average molecular weight is 453 g/mol. The highest BCUT2D eigenvalue weighted by atomic mass is 16.5. The molecule has 0 bridgehead atoms. The van der Waals surface area contributed by atoms with Crippen molar-refractivity contribution in [3.05, 3.63) is 36.2 Å². The molecule has 176 valence electrons. The van der Waals surface area contributed by atoms with Crippen molar-refractivity contribution in [1.29, 1.82) is 0 Å². The highest BCUT2D eigenvalue weighted by molar-refractivity contribution is 5.92. The molecule has 33 heavy (non-hydrogen) atoms. The smallest absolute Gasteiger partial charge is 0.224 e. The van der Waals surface area contributed by atoms with E-state index in [1.807, 2.05) is 38.1 Å². The van der Waals surface area contributed by atoms with Crippen molar-refractivity contribution < 1.29 is 14.3 Å². The molecule has 1 aliphatic heterocycles. The van der Waals surface area contributed by atoms with E-state index in [2.05, 4.69) is 27.3 Å². The van der Waals surface area contributed by atoms with Gasteiger partial charge in [-0.25, -0.2) is 0 Å². The van der Waals surface area contributed by atoms with Gasteiger partial charge in [0.05, 0.1) is 18.9 Å². The molecule has 3 aromatic rings. The Hall–Kier alpha value is -3.36. The van der Waals surface area contributed by atoms with Crippen LogP contribution in [0.4, 0.5) is 11.5 Å². The standard InChI is InChI=1S/C24H32N6O3/c1-4-32-18-6-7-20(33-5-2)19(16-18)25-24(31)11-10-22-27-26-21-8-9-23(28-30(21)22)29-14-12-17(3)13-15-29/h6-9,16-17H,4-5,10-15H2,1-3H3,(H,25,31). The Morgan fingerprint density at radius 2 is 1.88 bits per heavy atom. The van der Waals surface area contributed by atoms with Crippen molar-refractivity contribution in [3.63, 3.8) is 0 Å². The van der Waals surface area contributed by atoms with Crippen LogP contribution in [0.3, 0.4) is 0 Å². The first-order valence-corrected chi connectivity index (χ1v) is 11.7. The van der Waals surface area contributed by atoms with Crippen LogP contribution in [0.5, 0.6) is 11.5 Å². The summed E-state index contributed by atoms with van der Waals surface area (Å²) in [7, 11) is 0. The van der Waals surface area contributed by atoms with Crippen molar-refractivity contribution in [2.45, 2.75) is 46.5 Å². The lowest BCUT2D eigenvalue weighted by molar-refractivity contribution is -0.116. The molecule has 0 saturated carbocycles. The first-order valence-electron chi connectivity index (χ1n) is 11.7. The molecule has 1 N–H and O–H groups in total. The number of carbonyl (C=O) groups is 1. The molecule has 3 heterocycles. The van der Waals surface area contributed by atoms with Gasteiger partial charge in [-0.15, -0.1) is 15.3 Å². The molecule has 9 heteroatoms. The zero-order valence-corrected chi connectivity index (χ0v) is 19.6. The first kappa shape index (κ1) is 22.8. The SMILES string of the molecule is CCOc1ccc(OCC)c(NC(=O)CCc2nnc3ccc(N4CCC(C)CC4)nn23)c1. The third-order valence-corrected chi connectivity index (χ3v) is 5.83. The molecule has 4 rings (SSSR count). The van der Waals surface area contributed by atoms with E-state index in [1.54, 1.807) is 10.6 Å². The molecule has 0 spiro atoms. The van der Waals surface area contributed by atoms with Crippen LogP contribution in [0.15, 0.2) is 30.3 Å². The zero-order chi connectivity index (χ0) is 23.2. The number of aryl methyl sites for hydroxylation is 1. The summed E-state index contributed by atoms with van der Waals surface area (Å²) in [6.07, 6.45) is 3.01. The van der Waals surface area contributed by atoms with Gasteiger partial charge >= 0.3 is 0 Å². The molecule has 1 fully saturated rings. The first-order chi connectivity index (χ1) is 16.1. The van der Waals surface area contributed by atoms with Crippen molar-refractivity contribution in [2.75, 3.05) is 36.5 Å². The minimum atomic E-state index is -0.137. The lowest BCUT2D eigenvalue weighted by Gasteiger charge is -2.30. The molecule has 1 saturated heterocycles. The van der Waals surface area contributed by atoms with Crippen LogP contribution in [0, 0.1) is 5.92 Å². The second kappa shape index (κ2) is 10.5. The van der Waals surface area contributed by atoms with Gasteiger partial charge < -0.3 is 19.7 Å². The second-order valence-electron chi connectivity index (χ2n) is 8.32. The predicted molar refractivity (Wildman–Crippen MR) is 127 cm³/mol. The normalized spacial score (nSPS) is 14.5. The Labute approximate surface area is 194 Å². The Morgan fingerprint density at radius 3 is 2.64 bits per heavy atom. The van der Waals surface area contributed by atoms with Crippen molar-refractivity contribution in [1.82, 2.24) is 19.8 Å². The van der Waals surface area contributed by atoms with Gasteiger partial charge in [0, 0.05) is 32.0 Å². The fourth-order valence-electron chi connectivity index (χ4n) is 3.97. The van der Waals surface area contributed by atoms with E-state index in [9.17, 15) is 4.79 Å². The number of ether oxygens (including phenoxy) is 2. The Balaban J connectivity index is 1.43. The van der Waals surface area contributed by atoms with Crippen molar-refractivity contribution in [3.8, 4) is 11.5 Å². The van der Waals surface area contributed by atoms with Gasteiger partial charge in [0.15, 0.2) is 11.5 Å². The van der Waals surface area contributed by atoms with Gasteiger partial charge in [0.1, 0.15) is 17.3 Å². The van der Waals surface area contributed by atoms with E-state index in [4.69, 9.17) is 14.6 Å². The highest BCUT2D eigenvalue weighted by Gasteiger charge is 2.19. The molecule has 0 aliphatic carbocycles. The molecular weight excluding hydrogens is 420 g/mol. The van der Waals surface area contributed by atoms with E-state index in [0.717, 1.165) is 24.8 Å². The third kappa shape index (κ3) is 5.53. The maximum absolute atomic E-state index is 12.7. The molecule has 2 aromatic heterocycles. The number of amides is 1. The minimum absolute atomic E-state index is 0.137. The number of hydrogen-bond donors (Lipinski definition) is 1. The zero-order valence-electron chi connectivity index (χ0n) is 19.6. The van der Waals surface area contributed by atoms with E-state index >= 15 is 0 Å². The maximum atomic E-state index is 12.7. The van der Waals surface area contributed by atoms with Gasteiger partial charge in [-0.2, -0.15) is 4.52 Å². The van der Waals surface area contributed by atoms with Gasteiger partial charge in [-0.1, -0.05) is 6.92 Å². The van der Waals surface area contributed by atoms with Crippen LogP contribution in [0.2, 0.25) is 0 Å². The maximum Gasteiger partial charge on any atom is 0.224 e. The number of hydrogen-bond acceptors (Lipinski definition) is 7. The summed E-state index contributed by atoms with van der Waals surface area (Å²) in [5.41, 5.74) is 1.28. The molecule has 0 radical (unpaired) electrons. The Kier molecular flexibility index (Phi) is 7.26. The number of rotatable bonds is 9. The van der Waals surface area contributed by atoms with Crippen LogP contribution in [0.25, 0.3) is 5.65 Å². The minimum Gasteiger partial charge on any atom is -0.494 e.